The lowest BCUT2D eigenvalue weighted by molar-refractivity contribution is 0.0277. The van der Waals surface area contributed by atoms with E-state index >= 15 is 0 Å². The van der Waals surface area contributed by atoms with Crippen molar-refractivity contribution in [1.82, 2.24) is 14.9 Å². The Morgan fingerprint density at radius 1 is 1.56 bits per heavy atom. The van der Waals surface area contributed by atoms with Gasteiger partial charge in [-0.15, -0.1) is 0 Å². The Morgan fingerprint density at radius 3 is 3.22 bits per heavy atom. The molecule has 2 heterocycles. The lowest BCUT2D eigenvalue weighted by Crippen LogP contribution is -2.40. The molecule has 1 fully saturated rings. The maximum atomic E-state index is 5.99. The molecule has 3 rings (SSSR count). The number of aromatic nitrogens is 2. The van der Waals surface area contributed by atoms with Crippen molar-refractivity contribution in [3.63, 3.8) is 0 Å². The molecule has 0 bridgehead atoms. The van der Waals surface area contributed by atoms with Crippen molar-refractivity contribution in [3.05, 3.63) is 29.0 Å². The van der Waals surface area contributed by atoms with Gasteiger partial charge < -0.3 is 14.6 Å². The predicted molar refractivity (Wildman–Crippen MR) is 72.0 cm³/mol. The van der Waals surface area contributed by atoms with E-state index < -0.39 is 0 Å². The lowest BCUT2D eigenvalue weighted by atomic mass is 10.2. The number of nitrogens with zero attached hydrogens (tertiary/aromatic N) is 2. The molecule has 0 radical (unpaired) electrons. The van der Waals surface area contributed by atoms with Crippen LogP contribution in [-0.2, 0) is 18.2 Å². The van der Waals surface area contributed by atoms with Gasteiger partial charge in [-0.1, -0.05) is 11.6 Å². The lowest BCUT2D eigenvalue weighted by Gasteiger charge is -2.23. The zero-order chi connectivity index (χ0) is 12.5. The van der Waals surface area contributed by atoms with E-state index in [1.165, 1.54) is 0 Å². The van der Waals surface area contributed by atoms with E-state index in [-0.39, 0.29) is 6.10 Å². The largest absolute Gasteiger partial charge is 0.375 e. The second kappa shape index (κ2) is 4.88. The standard InChI is InChI=1S/C13H16ClN3O/c1-17-12-3-2-9(14)6-11(12)16-13(17)7-10-8-15-4-5-18-10/h2-3,6,10,15H,4-5,7-8H2,1H3. The van der Waals surface area contributed by atoms with Gasteiger partial charge in [0.25, 0.3) is 0 Å². The van der Waals surface area contributed by atoms with Gasteiger partial charge in [-0.25, -0.2) is 4.98 Å². The van der Waals surface area contributed by atoms with E-state index in [0.717, 1.165) is 48.0 Å². The third-order valence-corrected chi connectivity index (χ3v) is 3.59. The number of nitrogens with one attached hydrogen (secondary N) is 1. The first-order valence-electron chi connectivity index (χ1n) is 6.17. The first-order valence-corrected chi connectivity index (χ1v) is 6.55. The van der Waals surface area contributed by atoms with Crippen LogP contribution in [0.3, 0.4) is 0 Å². The summed E-state index contributed by atoms with van der Waals surface area (Å²) in [7, 11) is 2.04. The number of ether oxygens (including phenoxy) is 1. The minimum atomic E-state index is 0.213. The number of benzene rings is 1. The third kappa shape index (κ3) is 2.23. The van der Waals surface area contributed by atoms with Gasteiger partial charge in [-0.05, 0) is 18.2 Å². The smallest absolute Gasteiger partial charge is 0.112 e. The Hall–Kier alpha value is -1.10. The topological polar surface area (TPSA) is 39.1 Å². The summed E-state index contributed by atoms with van der Waals surface area (Å²) in [6.45, 7) is 2.61. The summed E-state index contributed by atoms with van der Waals surface area (Å²) in [6.07, 6.45) is 1.04. The van der Waals surface area contributed by atoms with Gasteiger partial charge in [0.05, 0.1) is 23.7 Å². The maximum absolute atomic E-state index is 5.99. The third-order valence-electron chi connectivity index (χ3n) is 3.35. The highest BCUT2D eigenvalue weighted by molar-refractivity contribution is 6.31. The van der Waals surface area contributed by atoms with E-state index in [9.17, 15) is 0 Å². The summed E-state index contributed by atoms with van der Waals surface area (Å²) in [5.74, 6) is 1.04. The molecule has 1 aromatic heterocycles. The Balaban J connectivity index is 1.89. The molecule has 0 amide bonds. The molecular formula is C13H16ClN3O. The Kier molecular flexibility index (Phi) is 3.24. The number of morpholine rings is 1. The molecule has 5 heteroatoms. The molecule has 1 saturated heterocycles. The molecule has 1 aromatic carbocycles. The molecule has 18 heavy (non-hydrogen) atoms. The van der Waals surface area contributed by atoms with Crippen molar-refractivity contribution in [3.8, 4) is 0 Å². The van der Waals surface area contributed by atoms with Crippen molar-refractivity contribution >= 4 is 22.6 Å². The van der Waals surface area contributed by atoms with Gasteiger partial charge >= 0.3 is 0 Å². The number of hydrogen-bond acceptors (Lipinski definition) is 3. The first-order chi connectivity index (χ1) is 8.74. The quantitative estimate of drug-likeness (QED) is 0.899. The van der Waals surface area contributed by atoms with Crippen molar-refractivity contribution in [2.75, 3.05) is 19.7 Å². The molecule has 1 unspecified atom stereocenters. The highest BCUT2D eigenvalue weighted by Gasteiger charge is 2.17. The second-order valence-corrected chi connectivity index (χ2v) is 5.06. The van der Waals surface area contributed by atoms with Gasteiger partial charge in [0, 0.05) is 31.6 Å². The van der Waals surface area contributed by atoms with Crippen LogP contribution in [0.2, 0.25) is 5.02 Å². The monoisotopic (exact) mass is 265 g/mol. The van der Waals surface area contributed by atoms with E-state index in [2.05, 4.69) is 14.9 Å². The van der Waals surface area contributed by atoms with Crippen LogP contribution in [0, 0.1) is 0 Å². The van der Waals surface area contributed by atoms with Gasteiger partial charge in [-0.2, -0.15) is 0 Å². The van der Waals surface area contributed by atoms with Crippen LogP contribution in [0.25, 0.3) is 11.0 Å². The Morgan fingerprint density at radius 2 is 2.44 bits per heavy atom. The molecular weight excluding hydrogens is 250 g/mol. The van der Waals surface area contributed by atoms with Crippen LogP contribution in [-0.4, -0.2) is 35.4 Å². The zero-order valence-corrected chi connectivity index (χ0v) is 11.1. The number of aryl methyl sites for hydroxylation is 1. The van der Waals surface area contributed by atoms with Crippen molar-refractivity contribution in [1.29, 1.82) is 0 Å². The van der Waals surface area contributed by atoms with Crippen LogP contribution in [0.15, 0.2) is 18.2 Å². The van der Waals surface area contributed by atoms with Crippen LogP contribution in [0.5, 0.6) is 0 Å². The molecule has 1 N–H and O–H groups in total. The van der Waals surface area contributed by atoms with E-state index in [4.69, 9.17) is 16.3 Å². The van der Waals surface area contributed by atoms with E-state index in [1.807, 2.05) is 25.2 Å². The zero-order valence-electron chi connectivity index (χ0n) is 10.3. The highest BCUT2D eigenvalue weighted by atomic mass is 35.5. The Bertz CT molecular complexity index is 561. The molecule has 1 atom stereocenters. The summed E-state index contributed by atoms with van der Waals surface area (Å²) in [4.78, 5) is 4.64. The SMILES string of the molecule is Cn1c(CC2CNCCO2)nc2cc(Cl)ccc21. The fourth-order valence-electron chi connectivity index (χ4n) is 2.36. The number of fused-ring (bicyclic) bond motifs is 1. The minimum Gasteiger partial charge on any atom is -0.375 e. The molecule has 0 spiro atoms. The average Bonchev–Trinajstić information content (AvgIpc) is 2.67. The molecule has 1 aliphatic rings. The number of hydrogen-bond donors (Lipinski definition) is 1. The summed E-state index contributed by atoms with van der Waals surface area (Å²) in [6, 6.07) is 5.81. The van der Waals surface area contributed by atoms with Gasteiger partial charge in [0.15, 0.2) is 0 Å². The van der Waals surface area contributed by atoms with Crippen molar-refractivity contribution < 1.29 is 4.74 Å². The first kappa shape index (κ1) is 12.0. The van der Waals surface area contributed by atoms with E-state index in [0.29, 0.717) is 0 Å². The van der Waals surface area contributed by atoms with Crippen LogP contribution in [0.4, 0.5) is 0 Å². The van der Waals surface area contributed by atoms with Gasteiger partial charge in [0.1, 0.15) is 5.82 Å². The fraction of sp³-hybridized carbons (Fsp3) is 0.462. The van der Waals surface area contributed by atoms with Crippen molar-refractivity contribution in [2.45, 2.75) is 12.5 Å². The second-order valence-electron chi connectivity index (χ2n) is 4.62. The maximum Gasteiger partial charge on any atom is 0.112 e. The fourth-order valence-corrected chi connectivity index (χ4v) is 2.53. The van der Waals surface area contributed by atoms with Crippen LogP contribution >= 0.6 is 11.6 Å². The summed E-state index contributed by atoms with van der Waals surface area (Å²) >= 11 is 5.99. The summed E-state index contributed by atoms with van der Waals surface area (Å²) in [5.41, 5.74) is 2.06. The highest BCUT2D eigenvalue weighted by Crippen LogP contribution is 2.20. The molecule has 0 aliphatic carbocycles. The predicted octanol–water partition coefficient (Wildman–Crippen LogP) is 1.76. The number of imidazole rings is 1. The molecule has 1 aliphatic heterocycles. The molecule has 0 saturated carbocycles. The summed E-state index contributed by atoms with van der Waals surface area (Å²) < 4.78 is 7.83. The molecule has 2 aromatic rings. The average molecular weight is 266 g/mol. The Labute approximate surface area is 111 Å². The number of rotatable bonds is 2. The summed E-state index contributed by atoms with van der Waals surface area (Å²) in [5, 5.41) is 4.06. The van der Waals surface area contributed by atoms with Crippen LogP contribution < -0.4 is 5.32 Å². The van der Waals surface area contributed by atoms with E-state index in [1.54, 1.807) is 0 Å². The van der Waals surface area contributed by atoms with Gasteiger partial charge in [-0.3, -0.25) is 0 Å². The number of halogens is 1. The minimum absolute atomic E-state index is 0.213. The molecule has 96 valence electrons. The van der Waals surface area contributed by atoms with Crippen molar-refractivity contribution in [2.24, 2.45) is 7.05 Å². The normalized spacial score (nSPS) is 20.4. The molecule has 4 nitrogen and oxygen atoms in total. The van der Waals surface area contributed by atoms with Crippen LogP contribution in [0.1, 0.15) is 5.82 Å². The van der Waals surface area contributed by atoms with Gasteiger partial charge in [0.2, 0.25) is 0 Å².